The molecule has 84 valence electrons. The molecule has 14 heavy (non-hydrogen) atoms. The Morgan fingerprint density at radius 1 is 1.50 bits per heavy atom. The zero-order valence-corrected chi connectivity index (χ0v) is 9.59. The summed E-state index contributed by atoms with van der Waals surface area (Å²) in [6, 6.07) is 0.0357. The van der Waals surface area contributed by atoms with Crippen molar-refractivity contribution in [2.75, 3.05) is 13.2 Å². The van der Waals surface area contributed by atoms with Gasteiger partial charge >= 0.3 is 0 Å². The van der Waals surface area contributed by atoms with Crippen LogP contribution in [0.4, 0.5) is 0 Å². The van der Waals surface area contributed by atoms with Crippen LogP contribution in [-0.4, -0.2) is 30.7 Å². The lowest BCUT2D eigenvalue weighted by molar-refractivity contribution is -0.130. The van der Waals surface area contributed by atoms with Crippen LogP contribution in [0.3, 0.4) is 0 Å². The molecule has 0 aliphatic heterocycles. The molecule has 0 radical (unpaired) electrons. The minimum atomic E-state index is -0.274. The number of carbonyl (C=O) groups excluding carboxylic acids is 1. The highest BCUT2D eigenvalue weighted by Crippen LogP contribution is 2.05. The van der Waals surface area contributed by atoms with E-state index in [1.165, 1.54) is 0 Å². The molecule has 0 saturated carbocycles. The van der Waals surface area contributed by atoms with Crippen molar-refractivity contribution in [2.45, 2.75) is 45.8 Å². The van der Waals surface area contributed by atoms with Gasteiger partial charge in [-0.25, -0.2) is 0 Å². The largest absolute Gasteiger partial charge is 0.366 e. The molecule has 0 aliphatic rings. The number of hydrogen-bond acceptors (Lipinski definition) is 3. The molecule has 0 saturated heterocycles. The minimum Gasteiger partial charge on any atom is -0.366 e. The van der Waals surface area contributed by atoms with Gasteiger partial charge in [-0.2, -0.15) is 0 Å². The zero-order chi connectivity index (χ0) is 11.2. The summed E-state index contributed by atoms with van der Waals surface area (Å²) < 4.78 is 5.30. The van der Waals surface area contributed by atoms with Crippen LogP contribution in [0.25, 0.3) is 0 Å². The first-order valence-corrected chi connectivity index (χ1v) is 5.01. The second-order valence-corrected chi connectivity index (χ2v) is 4.37. The van der Waals surface area contributed by atoms with Crippen molar-refractivity contribution in [3.05, 3.63) is 0 Å². The maximum absolute atomic E-state index is 11.2. The summed E-state index contributed by atoms with van der Waals surface area (Å²) in [5, 5.41) is 2.72. The summed E-state index contributed by atoms with van der Waals surface area (Å²) in [5.41, 5.74) is 5.37. The van der Waals surface area contributed by atoms with Gasteiger partial charge in [0.15, 0.2) is 0 Å². The van der Waals surface area contributed by atoms with Crippen molar-refractivity contribution in [1.82, 2.24) is 5.32 Å². The molecule has 0 rings (SSSR count). The van der Waals surface area contributed by atoms with E-state index >= 15 is 0 Å². The van der Waals surface area contributed by atoms with E-state index in [-0.39, 0.29) is 24.2 Å². The predicted octanol–water partition coefficient (Wildman–Crippen LogP) is 0.655. The molecule has 1 unspecified atom stereocenters. The van der Waals surface area contributed by atoms with Crippen molar-refractivity contribution >= 4 is 5.91 Å². The Labute approximate surface area is 86.2 Å². The van der Waals surface area contributed by atoms with Crippen molar-refractivity contribution < 1.29 is 9.53 Å². The lowest BCUT2D eigenvalue weighted by Gasteiger charge is -2.19. The Balaban J connectivity index is 3.57. The maximum Gasteiger partial charge on any atom is 0.246 e. The number of nitrogens with two attached hydrogens (primary N) is 1. The van der Waals surface area contributed by atoms with Crippen LogP contribution in [0.1, 0.15) is 34.1 Å². The van der Waals surface area contributed by atoms with E-state index in [1.807, 2.05) is 27.7 Å². The zero-order valence-electron chi connectivity index (χ0n) is 9.59. The van der Waals surface area contributed by atoms with Gasteiger partial charge < -0.3 is 15.8 Å². The Morgan fingerprint density at radius 2 is 2.07 bits per heavy atom. The molecule has 1 amide bonds. The van der Waals surface area contributed by atoms with Gasteiger partial charge in [-0.15, -0.1) is 0 Å². The smallest absolute Gasteiger partial charge is 0.246 e. The van der Waals surface area contributed by atoms with Crippen LogP contribution < -0.4 is 11.1 Å². The van der Waals surface area contributed by atoms with Gasteiger partial charge in [-0.05, 0) is 27.2 Å². The second-order valence-electron chi connectivity index (χ2n) is 4.37. The number of rotatable bonds is 5. The topological polar surface area (TPSA) is 64.3 Å². The molecule has 0 bridgehead atoms. The highest BCUT2D eigenvalue weighted by molar-refractivity contribution is 5.77. The Morgan fingerprint density at radius 3 is 2.50 bits per heavy atom. The van der Waals surface area contributed by atoms with Gasteiger partial charge in [0.2, 0.25) is 5.91 Å². The van der Waals surface area contributed by atoms with E-state index in [0.717, 1.165) is 6.42 Å². The first kappa shape index (κ1) is 13.4. The summed E-state index contributed by atoms with van der Waals surface area (Å²) in [4.78, 5) is 11.2. The molecule has 0 aliphatic carbocycles. The van der Waals surface area contributed by atoms with Crippen LogP contribution in [0.15, 0.2) is 0 Å². The molecule has 0 aromatic carbocycles. The number of nitrogens with one attached hydrogen (secondary N) is 1. The molecule has 0 aromatic rings. The third kappa shape index (κ3) is 8.01. The van der Waals surface area contributed by atoms with Crippen molar-refractivity contribution in [3.8, 4) is 0 Å². The standard InChI is InChI=1S/C10H22N2O2/c1-5-8(11)6-12-9(13)7-14-10(2,3)4/h8H,5-7,11H2,1-4H3,(H,12,13). The fourth-order valence-electron chi connectivity index (χ4n) is 0.722. The lowest BCUT2D eigenvalue weighted by Crippen LogP contribution is -2.39. The summed E-state index contributed by atoms with van der Waals surface area (Å²) in [6.07, 6.45) is 0.862. The molecule has 1 atom stereocenters. The van der Waals surface area contributed by atoms with Gasteiger partial charge in [0.1, 0.15) is 6.61 Å². The highest BCUT2D eigenvalue weighted by Gasteiger charge is 2.12. The van der Waals surface area contributed by atoms with Crippen molar-refractivity contribution in [1.29, 1.82) is 0 Å². The fraction of sp³-hybridized carbons (Fsp3) is 0.900. The van der Waals surface area contributed by atoms with Crippen LogP contribution in [0.5, 0.6) is 0 Å². The molecular weight excluding hydrogens is 180 g/mol. The average molecular weight is 202 g/mol. The predicted molar refractivity (Wildman–Crippen MR) is 57.0 cm³/mol. The molecule has 0 aromatic heterocycles. The SMILES string of the molecule is CCC(N)CNC(=O)COC(C)(C)C. The Hall–Kier alpha value is -0.610. The Bertz CT molecular complexity index is 175. The average Bonchev–Trinajstić information content (AvgIpc) is 2.09. The second kappa shape index (κ2) is 5.98. The summed E-state index contributed by atoms with van der Waals surface area (Å²) in [6.45, 7) is 8.35. The Kier molecular flexibility index (Phi) is 5.72. The summed E-state index contributed by atoms with van der Waals surface area (Å²) >= 11 is 0. The van der Waals surface area contributed by atoms with Crippen molar-refractivity contribution in [3.63, 3.8) is 0 Å². The number of amides is 1. The van der Waals surface area contributed by atoms with Gasteiger partial charge in [0.05, 0.1) is 5.60 Å². The number of ether oxygens (including phenoxy) is 1. The van der Waals surface area contributed by atoms with Crippen LogP contribution in [0.2, 0.25) is 0 Å². The quantitative estimate of drug-likeness (QED) is 0.688. The van der Waals surface area contributed by atoms with Gasteiger partial charge in [-0.1, -0.05) is 6.92 Å². The maximum atomic E-state index is 11.2. The van der Waals surface area contributed by atoms with E-state index in [4.69, 9.17) is 10.5 Å². The molecule has 4 nitrogen and oxygen atoms in total. The van der Waals surface area contributed by atoms with Gasteiger partial charge in [0, 0.05) is 12.6 Å². The normalized spacial score (nSPS) is 13.8. The van der Waals surface area contributed by atoms with Crippen LogP contribution in [0, 0.1) is 0 Å². The first-order chi connectivity index (χ1) is 6.35. The van der Waals surface area contributed by atoms with E-state index in [1.54, 1.807) is 0 Å². The van der Waals surface area contributed by atoms with E-state index in [9.17, 15) is 4.79 Å². The third-order valence-electron chi connectivity index (χ3n) is 1.72. The molecule has 3 N–H and O–H groups in total. The van der Waals surface area contributed by atoms with Crippen molar-refractivity contribution in [2.24, 2.45) is 5.73 Å². The highest BCUT2D eigenvalue weighted by atomic mass is 16.5. The molecule has 0 heterocycles. The summed E-state index contributed by atoms with van der Waals surface area (Å²) in [7, 11) is 0. The molecule has 0 fully saturated rings. The fourth-order valence-corrected chi connectivity index (χ4v) is 0.722. The van der Waals surface area contributed by atoms with Gasteiger partial charge in [-0.3, -0.25) is 4.79 Å². The van der Waals surface area contributed by atoms with E-state index in [0.29, 0.717) is 6.54 Å². The van der Waals surface area contributed by atoms with Gasteiger partial charge in [0.25, 0.3) is 0 Å². The first-order valence-electron chi connectivity index (χ1n) is 5.01. The molecule has 0 spiro atoms. The lowest BCUT2D eigenvalue weighted by atomic mass is 10.2. The van der Waals surface area contributed by atoms with E-state index < -0.39 is 0 Å². The summed E-state index contributed by atoms with van der Waals surface area (Å²) in [5.74, 6) is -0.108. The molecule has 4 heteroatoms. The third-order valence-corrected chi connectivity index (χ3v) is 1.72. The molecular formula is C10H22N2O2. The monoisotopic (exact) mass is 202 g/mol. The van der Waals surface area contributed by atoms with E-state index in [2.05, 4.69) is 5.32 Å². The van der Waals surface area contributed by atoms with Crippen LogP contribution >= 0.6 is 0 Å². The van der Waals surface area contributed by atoms with Crippen LogP contribution in [-0.2, 0) is 9.53 Å². The number of hydrogen-bond donors (Lipinski definition) is 2. The minimum absolute atomic E-state index is 0.0357. The number of carbonyl (C=O) groups is 1.